The Kier molecular flexibility index (Phi) is 7.06. The molecule has 0 aromatic heterocycles. The Labute approximate surface area is 168 Å². The molecule has 2 aromatic rings. The minimum atomic E-state index is -4.41. The molecule has 1 saturated heterocycles. The van der Waals surface area contributed by atoms with E-state index >= 15 is 0 Å². The van der Waals surface area contributed by atoms with Gasteiger partial charge in [-0.05, 0) is 29.3 Å². The van der Waals surface area contributed by atoms with E-state index in [0.717, 1.165) is 30.8 Å². The van der Waals surface area contributed by atoms with E-state index in [1.54, 1.807) is 0 Å². The molecule has 1 amide bonds. The second-order valence-corrected chi connectivity index (χ2v) is 6.84. The van der Waals surface area contributed by atoms with E-state index in [1.807, 2.05) is 30.3 Å². The minimum absolute atomic E-state index is 0.229. The van der Waals surface area contributed by atoms with E-state index in [0.29, 0.717) is 25.3 Å². The number of carbonyl (C=O) groups excluding carboxylic acids is 1. The molecule has 7 heteroatoms. The van der Waals surface area contributed by atoms with Crippen LogP contribution in [-0.2, 0) is 15.7 Å². The number of alkyl halides is 3. The molecule has 1 heterocycles. The van der Waals surface area contributed by atoms with Crippen molar-refractivity contribution in [3.8, 4) is 0 Å². The molecule has 0 bridgehead atoms. The molecule has 0 spiro atoms. The van der Waals surface area contributed by atoms with Crippen LogP contribution in [-0.4, -0.2) is 43.7 Å². The highest BCUT2D eigenvalue weighted by atomic mass is 19.4. The predicted molar refractivity (Wildman–Crippen MR) is 105 cm³/mol. The van der Waals surface area contributed by atoms with Gasteiger partial charge in [0.25, 0.3) is 0 Å². The lowest BCUT2D eigenvalue weighted by molar-refractivity contribution is -0.137. The zero-order valence-electron chi connectivity index (χ0n) is 15.9. The van der Waals surface area contributed by atoms with Gasteiger partial charge < -0.3 is 10.1 Å². The first-order valence-electron chi connectivity index (χ1n) is 9.43. The molecule has 3 rings (SSSR count). The van der Waals surface area contributed by atoms with Gasteiger partial charge in [0.15, 0.2) is 0 Å². The van der Waals surface area contributed by atoms with Crippen molar-refractivity contribution >= 4 is 12.0 Å². The van der Waals surface area contributed by atoms with Gasteiger partial charge in [0.2, 0.25) is 5.91 Å². The fraction of sp³-hybridized carbons (Fsp3) is 0.318. The van der Waals surface area contributed by atoms with Crippen LogP contribution < -0.4 is 5.32 Å². The summed E-state index contributed by atoms with van der Waals surface area (Å²) in [7, 11) is 0. The van der Waals surface area contributed by atoms with Gasteiger partial charge in [-0.15, -0.1) is 0 Å². The molecule has 1 fully saturated rings. The number of amides is 1. The first kappa shape index (κ1) is 21.1. The summed E-state index contributed by atoms with van der Waals surface area (Å²) in [6, 6.07) is 14.3. The number of nitrogens with zero attached hydrogens (tertiary/aromatic N) is 1. The summed E-state index contributed by atoms with van der Waals surface area (Å²) in [4.78, 5) is 14.7. The van der Waals surface area contributed by atoms with Crippen LogP contribution in [0.3, 0.4) is 0 Å². The van der Waals surface area contributed by atoms with E-state index in [9.17, 15) is 18.0 Å². The van der Waals surface area contributed by atoms with Gasteiger partial charge in [-0.1, -0.05) is 42.5 Å². The number of rotatable bonds is 6. The molecule has 29 heavy (non-hydrogen) atoms. The molecule has 1 aliphatic rings. The summed E-state index contributed by atoms with van der Waals surface area (Å²) < 4.78 is 43.9. The van der Waals surface area contributed by atoms with Crippen LogP contribution in [0.4, 0.5) is 13.2 Å². The Hall–Kier alpha value is -2.64. The van der Waals surface area contributed by atoms with Crippen LogP contribution in [0.25, 0.3) is 6.08 Å². The maximum atomic E-state index is 12.8. The second kappa shape index (κ2) is 9.71. The van der Waals surface area contributed by atoms with Gasteiger partial charge in [-0.25, -0.2) is 0 Å². The first-order valence-corrected chi connectivity index (χ1v) is 9.43. The van der Waals surface area contributed by atoms with Crippen LogP contribution >= 0.6 is 0 Å². The van der Waals surface area contributed by atoms with E-state index in [4.69, 9.17) is 4.74 Å². The van der Waals surface area contributed by atoms with Gasteiger partial charge >= 0.3 is 6.18 Å². The average Bonchev–Trinajstić information content (AvgIpc) is 2.73. The predicted octanol–water partition coefficient (Wildman–Crippen LogP) is 3.91. The maximum Gasteiger partial charge on any atom is 0.416 e. The fourth-order valence-electron chi connectivity index (χ4n) is 3.17. The second-order valence-electron chi connectivity index (χ2n) is 6.84. The number of benzene rings is 2. The third-order valence-corrected chi connectivity index (χ3v) is 4.70. The van der Waals surface area contributed by atoms with E-state index < -0.39 is 11.7 Å². The summed E-state index contributed by atoms with van der Waals surface area (Å²) in [6.45, 7) is 3.53. The topological polar surface area (TPSA) is 41.6 Å². The lowest BCUT2D eigenvalue weighted by Crippen LogP contribution is -2.42. The average molecular weight is 404 g/mol. The van der Waals surface area contributed by atoms with Gasteiger partial charge in [-0.2, -0.15) is 13.2 Å². The summed E-state index contributed by atoms with van der Waals surface area (Å²) >= 11 is 0. The molecule has 1 N–H and O–H groups in total. The number of hydrogen-bond acceptors (Lipinski definition) is 3. The Morgan fingerprint density at radius 2 is 1.83 bits per heavy atom. The number of halogens is 3. The first-order chi connectivity index (χ1) is 13.9. The number of nitrogens with one attached hydrogen (secondary N) is 1. The standard InChI is InChI=1S/C22H23F3N2O2/c23-22(24,25)19-8-4-5-17(15-19)9-10-21(28)26-20(18-6-2-1-3-7-18)16-27-11-13-29-14-12-27/h1-10,15,20H,11-14,16H2,(H,26,28)/b10-9+/t20-/m0/s1. The van der Waals surface area contributed by atoms with Crippen molar-refractivity contribution in [3.63, 3.8) is 0 Å². The molecule has 0 unspecified atom stereocenters. The van der Waals surface area contributed by atoms with Gasteiger partial charge in [0.05, 0.1) is 24.8 Å². The molecule has 2 aromatic carbocycles. The maximum absolute atomic E-state index is 12.8. The quantitative estimate of drug-likeness (QED) is 0.743. The van der Waals surface area contributed by atoms with Crippen molar-refractivity contribution < 1.29 is 22.7 Å². The third kappa shape index (κ3) is 6.44. The highest BCUT2D eigenvalue weighted by Gasteiger charge is 2.30. The summed E-state index contributed by atoms with van der Waals surface area (Å²) in [5.74, 6) is -0.357. The van der Waals surface area contributed by atoms with Crippen molar-refractivity contribution in [1.82, 2.24) is 10.2 Å². The van der Waals surface area contributed by atoms with Crippen LogP contribution in [0.2, 0.25) is 0 Å². The molecule has 0 aliphatic carbocycles. The highest BCUT2D eigenvalue weighted by molar-refractivity contribution is 5.92. The fourth-order valence-corrected chi connectivity index (χ4v) is 3.17. The molecule has 1 atom stereocenters. The van der Waals surface area contributed by atoms with Crippen LogP contribution in [0.1, 0.15) is 22.7 Å². The Balaban J connectivity index is 1.68. The van der Waals surface area contributed by atoms with E-state index in [2.05, 4.69) is 10.2 Å². The normalized spacial score (nSPS) is 16.7. The van der Waals surface area contributed by atoms with Gasteiger partial charge in [-0.3, -0.25) is 9.69 Å². The van der Waals surface area contributed by atoms with E-state index in [1.165, 1.54) is 24.3 Å². The largest absolute Gasteiger partial charge is 0.416 e. The number of carbonyl (C=O) groups is 1. The monoisotopic (exact) mass is 404 g/mol. The lowest BCUT2D eigenvalue weighted by Gasteiger charge is -2.31. The molecule has 0 radical (unpaired) electrons. The van der Waals surface area contributed by atoms with Gasteiger partial charge in [0, 0.05) is 25.7 Å². The van der Waals surface area contributed by atoms with Crippen LogP contribution in [0.5, 0.6) is 0 Å². The highest BCUT2D eigenvalue weighted by Crippen LogP contribution is 2.29. The summed E-state index contributed by atoms with van der Waals surface area (Å²) in [6.07, 6.45) is -1.76. The van der Waals surface area contributed by atoms with Crippen LogP contribution in [0, 0.1) is 0 Å². The lowest BCUT2D eigenvalue weighted by atomic mass is 10.1. The molecule has 4 nitrogen and oxygen atoms in total. The van der Waals surface area contributed by atoms with Gasteiger partial charge in [0.1, 0.15) is 0 Å². The zero-order valence-corrected chi connectivity index (χ0v) is 15.9. The van der Waals surface area contributed by atoms with Crippen molar-refractivity contribution in [2.45, 2.75) is 12.2 Å². The molecular weight excluding hydrogens is 381 g/mol. The summed E-state index contributed by atoms with van der Waals surface area (Å²) in [5.41, 5.74) is 0.550. The Bertz CT molecular complexity index is 831. The third-order valence-electron chi connectivity index (χ3n) is 4.70. The molecular formula is C22H23F3N2O2. The molecule has 154 valence electrons. The Morgan fingerprint density at radius 3 is 2.52 bits per heavy atom. The SMILES string of the molecule is O=C(/C=C/c1cccc(C(F)(F)F)c1)N[C@@H](CN1CCOCC1)c1ccccc1. The van der Waals surface area contributed by atoms with Crippen molar-refractivity contribution in [3.05, 3.63) is 77.4 Å². The van der Waals surface area contributed by atoms with Crippen molar-refractivity contribution in [2.24, 2.45) is 0 Å². The Morgan fingerprint density at radius 1 is 1.10 bits per heavy atom. The van der Waals surface area contributed by atoms with Crippen molar-refractivity contribution in [1.29, 1.82) is 0 Å². The van der Waals surface area contributed by atoms with E-state index in [-0.39, 0.29) is 11.9 Å². The molecule has 0 saturated carbocycles. The smallest absolute Gasteiger partial charge is 0.379 e. The molecule has 1 aliphatic heterocycles. The van der Waals surface area contributed by atoms with Crippen molar-refractivity contribution in [2.75, 3.05) is 32.8 Å². The minimum Gasteiger partial charge on any atom is -0.379 e. The number of hydrogen-bond donors (Lipinski definition) is 1. The van der Waals surface area contributed by atoms with Crippen LogP contribution in [0.15, 0.2) is 60.7 Å². The zero-order chi connectivity index (χ0) is 20.7. The number of morpholine rings is 1. The number of ether oxygens (including phenoxy) is 1. The summed E-state index contributed by atoms with van der Waals surface area (Å²) in [5, 5.41) is 2.97.